The van der Waals surface area contributed by atoms with Crippen LogP contribution in [0.25, 0.3) is 33.8 Å². The molecule has 0 saturated heterocycles. The zero-order chi connectivity index (χ0) is 19.9. The van der Waals surface area contributed by atoms with Crippen molar-refractivity contribution in [2.24, 2.45) is 0 Å². The number of alkyl halides is 3. The lowest BCUT2D eigenvalue weighted by Crippen LogP contribution is -2.04. The molecule has 0 bridgehead atoms. The number of para-hydroxylation sites is 1. The van der Waals surface area contributed by atoms with Crippen molar-refractivity contribution in [2.75, 3.05) is 7.11 Å². The van der Waals surface area contributed by atoms with Crippen LogP contribution < -0.4 is 10.4 Å². The Balaban J connectivity index is 1.73. The molecule has 4 rings (SSSR count). The summed E-state index contributed by atoms with van der Waals surface area (Å²) in [6.07, 6.45) is -4.44. The van der Waals surface area contributed by atoms with E-state index in [1.54, 1.807) is 18.2 Å². The molecular formula is C19H11F3N2O4. The number of methoxy groups -OCH3 is 1. The van der Waals surface area contributed by atoms with Gasteiger partial charge in [0.1, 0.15) is 5.56 Å². The highest BCUT2D eigenvalue weighted by Crippen LogP contribution is 2.31. The average molecular weight is 388 g/mol. The summed E-state index contributed by atoms with van der Waals surface area (Å²) in [5, 5.41) is 4.32. The van der Waals surface area contributed by atoms with E-state index in [1.165, 1.54) is 25.3 Å². The van der Waals surface area contributed by atoms with Gasteiger partial charge in [0.15, 0.2) is 11.3 Å². The highest BCUT2D eigenvalue weighted by Gasteiger charge is 2.30. The molecule has 0 radical (unpaired) electrons. The van der Waals surface area contributed by atoms with Crippen LogP contribution in [0.2, 0.25) is 0 Å². The van der Waals surface area contributed by atoms with Gasteiger partial charge < -0.3 is 13.7 Å². The molecule has 0 N–H and O–H groups in total. The Labute approximate surface area is 155 Å². The predicted molar refractivity (Wildman–Crippen MR) is 92.8 cm³/mol. The van der Waals surface area contributed by atoms with E-state index in [-0.39, 0.29) is 22.9 Å². The summed E-state index contributed by atoms with van der Waals surface area (Å²) in [7, 11) is 1.46. The van der Waals surface area contributed by atoms with Gasteiger partial charge in [-0.2, -0.15) is 18.2 Å². The van der Waals surface area contributed by atoms with Gasteiger partial charge in [-0.1, -0.05) is 29.4 Å². The molecule has 0 aliphatic heterocycles. The third kappa shape index (κ3) is 3.11. The van der Waals surface area contributed by atoms with Crippen molar-refractivity contribution in [1.82, 2.24) is 10.1 Å². The Bertz CT molecular complexity index is 1210. The van der Waals surface area contributed by atoms with Crippen molar-refractivity contribution in [1.29, 1.82) is 0 Å². The Morgan fingerprint density at radius 2 is 1.82 bits per heavy atom. The first kappa shape index (κ1) is 17.8. The fraction of sp³-hybridized carbons (Fsp3) is 0.105. The molecule has 28 heavy (non-hydrogen) atoms. The van der Waals surface area contributed by atoms with E-state index in [0.29, 0.717) is 16.7 Å². The molecule has 0 aliphatic carbocycles. The second kappa shape index (κ2) is 6.52. The third-order valence-corrected chi connectivity index (χ3v) is 4.07. The molecule has 4 aromatic rings. The molecule has 142 valence electrons. The van der Waals surface area contributed by atoms with Crippen molar-refractivity contribution in [3.05, 3.63) is 64.5 Å². The van der Waals surface area contributed by atoms with Crippen LogP contribution >= 0.6 is 0 Å². The predicted octanol–water partition coefficient (Wildman–Crippen LogP) is 4.54. The van der Waals surface area contributed by atoms with Crippen molar-refractivity contribution in [2.45, 2.75) is 6.18 Å². The summed E-state index contributed by atoms with van der Waals surface area (Å²) < 4.78 is 53.6. The number of hydrogen-bond donors (Lipinski definition) is 0. The Morgan fingerprint density at radius 3 is 2.50 bits per heavy atom. The largest absolute Gasteiger partial charge is 0.493 e. The average Bonchev–Trinajstić information content (AvgIpc) is 3.16. The second-order valence-electron chi connectivity index (χ2n) is 5.82. The number of fused-ring (bicyclic) bond motifs is 1. The van der Waals surface area contributed by atoms with Gasteiger partial charge >= 0.3 is 11.8 Å². The summed E-state index contributed by atoms with van der Waals surface area (Å²) >= 11 is 0. The van der Waals surface area contributed by atoms with E-state index in [2.05, 4.69) is 10.1 Å². The van der Waals surface area contributed by atoms with Crippen molar-refractivity contribution in [3.63, 3.8) is 0 Å². The van der Waals surface area contributed by atoms with Crippen LogP contribution in [-0.4, -0.2) is 17.3 Å². The number of rotatable bonds is 3. The number of halogens is 3. The first-order chi connectivity index (χ1) is 13.4. The molecule has 0 atom stereocenters. The first-order valence-corrected chi connectivity index (χ1v) is 7.99. The smallest absolute Gasteiger partial charge is 0.416 e. The maximum Gasteiger partial charge on any atom is 0.416 e. The van der Waals surface area contributed by atoms with E-state index < -0.39 is 17.4 Å². The highest BCUT2D eigenvalue weighted by atomic mass is 19.4. The van der Waals surface area contributed by atoms with Crippen molar-refractivity contribution >= 4 is 11.0 Å². The van der Waals surface area contributed by atoms with Crippen LogP contribution in [-0.2, 0) is 6.18 Å². The molecule has 6 nitrogen and oxygen atoms in total. The van der Waals surface area contributed by atoms with Crippen LogP contribution in [0.15, 0.2) is 62.3 Å². The maximum atomic E-state index is 12.7. The molecule has 0 spiro atoms. The van der Waals surface area contributed by atoms with Crippen LogP contribution in [0.3, 0.4) is 0 Å². The molecule has 9 heteroatoms. The van der Waals surface area contributed by atoms with Gasteiger partial charge in [-0.3, -0.25) is 0 Å². The zero-order valence-electron chi connectivity index (χ0n) is 14.3. The van der Waals surface area contributed by atoms with Gasteiger partial charge in [0.05, 0.1) is 12.7 Å². The minimum atomic E-state index is -4.44. The molecule has 2 heterocycles. The first-order valence-electron chi connectivity index (χ1n) is 7.99. The second-order valence-corrected chi connectivity index (χ2v) is 5.82. The number of aromatic nitrogens is 2. The van der Waals surface area contributed by atoms with Crippen LogP contribution in [0.1, 0.15) is 5.56 Å². The van der Waals surface area contributed by atoms with Gasteiger partial charge in [0, 0.05) is 10.9 Å². The highest BCUT2D eigenvalue weighted by molar-refractivity contribution is 5.85. The van der Waals surface area contributed by atoms with E-state index in [0.717, 1.165) is 12.1 Å². The SMILES string of the molecule is COc1cccc2cc(-c3nc(-c4ccc(C(F)(F)F)cc4)no3)c(=O)oc12. The molecule has 0 fully saturated rings. The van der Waals surface area contributed by atoms with Crippen LogP contribution in [0, 0.1) is 0 Å². The Kier molecular flexibility index (Phi) is 4.14. The maximum absolute atomic E-state index is 12.7. The molecule has 0 amide bonds. The Morgan fingerprint density at radius 1 is 1.07 bits per heavy atom. The molecule has 0 aliphatic rings. The standard InChI is InChI=1S/C19H11F3N2O4/c1-26-14-4-2-3-11-9-13(18(25)27-15(11)14)17-23-16(24-28-17)10-5-7-12(8-6-10)19(20,21)22/h2-9H,1H3. The molecule has 2 aromatic heterocycles. The fourth-order valence-corrected chi connectivity index (χ4v) is 2.69. The van der Waals surface area contributed by atoms with E-state index in [4.69, 9.17) is 13.7 Å². The lowest BCUT2D eigenvalue weighted by Gasteiger charge is -2.05. The summed E-state index contributed by atoms with van der Waals surface area (Å²) in [5.41, 5.74) is -0.869. The number of benzene rings is 2. The van der Waals surface area contributed by atoms with Crippen molar-refractivity contribution < 1.29 is 26.8 Å². The molecule has 0 unspecified atom stereocenters. The van der Waals surface area contributed by atoms with E-state index in [9.17, 15) is 18.0 Å². The van der Waals surface area contributed by atoms with E-state index in [1.807, 2.05) is 0 Å². The zero-order valence-corrected chi connectivity index (χ0v) is 14.3. The van der Waals surface area contributed by atoms with Gasteiger partial charge in [-0.15, -0.1) is 0 Å². The van der Waals surface area contributed by atoms with Gasteiger partial charge in [-0.05, 0) is 24.3 Å². The van der Waals surface area contributed by atoms with E-state index >= 15 is 0 Å². The van der Waals surface area contributed by atoms with Crippen LogP contribution in [0.5, 0.6) is 5.75 Å². The minimum Gasteiger partial charge on any atom is -0.493 e. The lowest BCUT2D eigenvalue weighted by molar-refractivity contribution is -0.137. The summed E-state index contributed by atoms with van der Waals surface area (Å²) in [4.78, 5) is 16.4. The van der Waals surface area contributed by atoms with Crippen molar-refractivity contribution in [3.8, 4) is 28.6 Å². The third-order valence-electron chi connectivity index (χ3n) is 4.07. The van der Waals surface area contributed by atoms with Gasteiger partial charge in [-0.25, -0.2) is 4.79 Å². The number of hydrogen-bond acceptors (Lipinski definition) is 6. The topological polar surface area (TPSA) is 78.4 Å². The molecule has 0 saturated carbocycles. The lowest BCUT2D eigenvalue weighted by atomic mass is 10.1. The molecule has 2 aromatic carbocycles. The monoisotopic (exact) mass is 388 g/mol. The Hall–Kier alpha value is -3.62. The quantitative estimate of drug-likeness (QED) is 0.480. The molecular weight excluding hydrogens is 377 g/mol. The summed E-state index contributed by atoms with van der Waals surface area (Å²) in [5.74, 6) is 0.347. The number of ether oxygens (including phenoxy) is 1. The summed E-state index contributed by atoms with van der Waals surface area (Å²) in [6.45, 7) is 0. The minimum absolute atomic E-state index is 0.0337. The summed E-state index contributed by atoms with van der Waals surface area (Å²) in [6, 6.07) is 10.9. The van der Waals surface area contributed by atoms with Gasteiger partial charge in [0.2, 0.25) is 5.82 Å². The van der Waals surface area contributed by atoms with Crippen LogP contribution in [0.4, 0.5) is 13.2 Å². The van der Waals surface area contributed by atoms with Gasteiger partial charge in [0.25, 0.3) is 5.89 Å². The number of nitrogens with zero attached hydrogens (tertiary/aromatic N) is 2. The normalized spacial score (nSPS) is 11.7. The fourth-order valence-electron chi connectivity index (χ4n) is 2.69.